The van der Waals surface area contributed by atoms with Crippen molar-refractivity contribution >= 4 is 38.3 Å². The van der Waals surface area contributed by atoms with Gasteiger partial charge in [0.25, 0.3) is 0 Å². The standard InChI is InChI=1S/C12H9As/c1-3-9-7-11-5-2-6-13-12(11)8-10(9)4-1/h1-8,13H. The van der Waals surface area contributed by atoms with Gasteiger partial charge in [-0.3, -0.25) is 0 Å². The molecular formula is C12H9As. The molecule has 1 aliphatic carbocycles. The second kappa shape index (κ2) is 2.75. The van der Waals surface area contributed by atoms with Crippen molar-refractivity contribution < 1.29 is 0 Å². The molecule has 0 spiro atoms. The summed E-state index contributed by atoms with van der Waals surface area (Å²) >= 11 is -0.00185. The molecule has 1 aromatic rings. The van der Waals surface area contributed by atoms with E-state index in [1.807, 2.05) is 0 Å². The number of fused-ring (bicyclic) bond motifs is 2. The van der Waals surface area contributed by atoms with Crippen molar-refractivity contribution in [2.75, 3.05) is 0 Å². The first-order valence-electron chi connectivity index (χ1n) is 4.39. The number of hydrogen-bond donors (Lipinski definition) is 0. The quantitative estimate of drug-likeness (QED) is 0.542. The molecule has 0 aromatic heterocycles. The van der Waals surface area contributed by atoms with Crippen molar-refractivity contribution in [2.24, 2.45) is 0 Å². The maximum atomic E-state index is 2.35. The van der Waals surface area contributed by atoms with E-state index in [2.05, 4.69) is 47.4 Å². The molecule has 1 unspecified atom stereocenters. The molecule has 1 heterocycles. The van der Waals surface area contributed by atoms with Crippen LogP contribution in [-0.2, 0) is 0 Å². The van der Waals surface area contributed by atoms with Crippen LogP contribution in [0.2, 0.25) is 0 Å². The monoisotopic (exact) mass is 228 g/mol. The maximum absolute atomic E-state index is 2.35. The van der Waals surface area contributed by atoms with Crippen LogP contribution in [0.3, 0.4) is 0 Å². The van der Waals surface area contributed by atoms with Gasteiger partial charge in [-0.2, -0.15) is 0 Å². The Kier molecular flexibility index (Phi) is 1.57. The Morgan fingerprint density at radius 2 is 1.85 bits per heavy atom. The molecule has 0 bridgehead atoms. The van der Waals surface area contributed by atoms with E-state index in [0.29, 0.717) is 0 Å². The third kappa shape index (κ3) is 1.14. The van der Waals surface area contributed by atoms with Crippen LogP contribution in [0.15, 0.2) is 29.1 Å². The van der Waals surface area contributed by atoms with Crippen LogP contribution in [0.5, 0.6) is 0 Å². The summed E-state index contributed by atoms with van der Waals surface area (Å²) in [6, 6.07) is 4.66. The fraction of sp³-hybridized carbons (Fsp3) is 0. The van der Waals surface area contributed by atoms with Crippen LogP contribution in [0.4, 0.5) is 0 Å². The summed E-state index contributed by atoms with van der Waals surface area (Å²) < 4.78 is 1.57. The normalized spacial score (nSPS) is 17.8. The first kappa shape index (κ1) is 7.41. The molecule has 0 N–H and O–H groups in total. The summed E-state index contributed by atoms with van der Waals surface area (Å²) in [4.78, 5) is 2.33. The SMILES string of the molecule is C1=C[AsH]c2cc3c(cc2=C1)C=CC=3. The van der Waals surface area contributed by atoms with Crippen molar-refractivity contribution in [3.8, 4) is 0 Å². The average Bonchev–Trinajstić information content (AvgIpc) is 2.61. The third-order valence-corrected chi connectivity index (χ3v) is 4.73. The van der Waals surface area contributed by atoms with Crippen molar-refractivity contribution in [3.63, 3.8) is 0 Å². The van der Waals surface area contributed by atoms with Gasteiger partial charge in [0.15, 0.2) is 0 Å². The van der Waals surface area contributed by atoms with E-state index in [1.165, 1.54) is 16.0 Å². The van der Waals surface area contributed by atoms with Crippen molar-refractivity contribution in [1.82, 2.24) is 0 Å². The molecular weight excluding hydrogens is 219 g/mol. The van der Waals surface area contributed by atoms with Crippen LogP contribution in [0.25, 0.3) is 18.2 Å². The minimum absolute atomic E-state index is 0.00185. The molecule has 3 rings (SSSR count). The molecule has 1 aromatic carbocycles. The van der Waals surface area contributed by atoms with Gasteiger partial charge in [-0.15, -0.1) is 0 Å². The molecule has 13 heavy (non-hydrogen) atoms. The van der Waals surface area contributed by atoms with Gasteiger partial charge in [-0.25, -0.2) is 0 Å². The van der Waals surface area contributed by atoms with Crippen molar-refractivity contribution in [3.05, 3.63) is 45.1 Å². The molecule has 1 atom stereocenters. The fourth-order valence-corrected chi connectivity index (χ4v) is 3.71. The van der Waals surface area contributed by atoms with Gasteiger partial charge < -0.3 is 0 Å². The predicted octanol–water partition coefficient (Wildman–Crippen LogP) is -0.136. The zero-order valence-corrected chi connectivity index (χ0v) is 9.22. The van der Waals surface area contributed by atoms with Crippen LogP contribution >= 0.6 is 0 Å². The fourth-order valence-electron chi connectivity index (χ4n) is 1.75. The Labute approximate surface area is 83.7 Å². The molecule has 1 aliphatic heterocycles. The molecule has 0 amide bonds. The minimum atomic E-state index is -0.00185. The van der Waals surface area contributed by atoms with E-state index in [1.54, 1.807) is 4.35 Å². The Balaban J connectivity index is 2.41. The molecule has 1 heteroatoms. The van der Waals surface area contributed by atoms with Crippen LogP contribution in [0.1, 0.15) is 5.56 Å². The summed E-state index contributed by atoms with van der Waals surface area (Å²) in [6.07, 6.45) is 10.9. The Morgan fingerprint density at radius 3 is 2.85 bits per heavy atom. The van der Waals surface area contributed by atoms with E-state index in [-0.39, 0.29) is 15.8 Å². The van der Waals surface area contributed by atoms with Crippen LogP contribution < -0.4 is 14.8 Å². The first-order chi connectivity index (χ1) is 6.43. The molecule has 0 saturated carbocycles. The molecule has 0 radical (unpaired) electrons. The predicted molar refractivity (Wildman–Crippen MR) is 59.6 cm³/mol. The van der Waals surface area contributed by atoms with Crippen molar-refractivity contribution in [2.45, 2.75) is 0 Å². The van der Waals surface area contributed by atoms with Crippen LogP contribution in [0, 0.1) is 0 Å². The topological polar surface area (TPSA) is 0 Å². The second-order valence-corrected chi connectivity index (χ2v) is 5.70. The summed E-state index contributed by atoms with van der Waals surface area (Å²) in [5.41, 5.74) is 1.37. The summed E-state index contributed by atoms with van der Waals surface area (Å²) in [5.74, 6) is 0. The number of benzene rings is 1. The summed E-state index contributed by atoms with van der Waals surface area (Å²) in [6.45, 7) is 0. The average molecular weight is 228 g/mol. The van der Waals surface area contributed by atoms with Gasteiger partial charge in [0.05, 0.1) is 0 Å². The number of rotatable bonds is 0. The van der Waals surface area contributed by atoms with Gasteiger partial charge in [0.1, 0.15) is 0 Å². The van der Waals surface area contributed by atoms with E-state index in [4.69, 9.17) is 0 Å². The Hall–Kier alpha value is -1.00. The third-order valence-electron chi connectivity index (χ3n) is 2.42. The van der Waals surface area contributed by atoms with E-state index >= 15 is 0 Å². The van der Waals surface area contributed by atoms with Crippen LogP contribution in [-0.4, -0.2) is 15.8 Å². The van der Waals surface area contributed by atoms with Gasteiger partial charge in [0, 0.05) is 0 Å². The van der Waals surface area contributed by atoms with E-state index in [9.17, 15) is 0 Å². The Morgan fingerprint density at radius 1 is 0.923 bits per heavy atom. The molecule has 0 saturated heterocycles. The zero-order chi connectivity index (χ0) is 8.67. The van der Waals surface area contributed by atoms with E-state index in [0.717, 1.165) is 0 Å². The Bertz CT molecular complexity index is 533. The van der Waals surface area contributed by atoms with Crippen molar-refractivity contribution in [1.29, 1.82) is 0 Å². The van der Waals surface area contributed by atoms with Gasteiger partial charge in [-0.05, 0) is 0 Å². The number of allylic oxidation sites excluding steroid dienone is 2. The van der Waals surface area contributed by atoms with Gasteiger partial charge in [0.2, 0.25) is 0 Å². The number of hydrogen-bond acceptors (Lipinski definition) is 0. The zero-order valence-electron chi connectivity index (χ0n) is 7.12. The molecule has 0 fully saturated rings. The second-order valence-electron chi connectivity index (χ2n) is 3.26. The molecule has 0 nitrogen and oxygen atoms in total. The first-order valence-corrected chi connectivity index (χ1v) is 6.65. The van der Waals surface area contributed by atoms with E-state index < -0.39 is 0 Å². The van der Waals surface area contributed by atoms with Gasteiger partial charge in [-0.1, -0.05) is 0 Å². The summed E-state index contributed by atoms with van der Waals surface area (Å²) in [7, 11) is 0. The molecule has 2 aliphatic rings. The molecule has 62 valence electrons. The summed E-state index contributed by atoms with van der Waals surface area (Å²) in [5, 5.41) is 2.83. The van der Waals surface area contributed by atoms with Gasteiger partial charge >= 0.3 is 83.5 Å².